The van der Waals surface area contributed by atoms with Crippen LogP contribution in [0.15, 0.2) is 43.0 Å². The van der Waals surface area contributed by atoms with E-state index in [2.05, 4.69) is 49.6 Å². The lowest BCUT2D eigenvalue weighted by Gasteiger charge is -2.48. The molecule has 3 nitrogen and oxygen atoms in total. The number of ether oxygens (including phenoxy) is 1. The van der Waals surface area contributed by atoms with Crippen LogP contribution in [0.2, 0.25) is 0 Å². The fourth-order valence-corrected chi connectivity index (χ4v) is 3.75. The summed E-state index contributed by atoms with van der Waals surface area (Å²) in [7, 11) is 1.47. The minimum Gasteiger partial charge on any atom is -0.469 e. The van der Waals surface area contributed by atoms with Gasteiger partial charge >= 0.3 is 5.97 Å². The van der Waals surface area contributed by atoms with Crippen molar-refractivity contribution in [3.8, 4) is 0 Å². The highest BCUT2D eigenvalue weighted by Gasteiger charge is 2.39. The molecule has 2 rings (SSSR count). The third-order valence-electron chi connectivity index (χ3n) is 5.29. The average Bonchev–Trinajstić information content (AvgIpc) is 2.56. The molecular formula is C20H29NO2. The second-order valence-corrected chi connectivity index (χ2v) is 6.76. The van der Waals surface area contributed by atoms with E-state index in [-0.39, 0.29) is 12.0 Å². The molecule has 0 radical (unpaired) electrons. The lowest BCUT2D eigenvalue weighted by atomic mass is 9.76. The predicted octanol–water partition coefficient (Wildman–Crippen LogP) is 4.04. The molecule has 0 amide bonds. The number of carbonyl (C=O) groups is 1. The third-order valence-corrected chi connectivity index (χ3v) is 5.29. The minimum atomic E-state index is -0.119. The van der Waals surface area contributed by atoms with E-state index in [1.807, 2.05) is 12.1 Å². The zero-order chi connectivity index (χ0) is 16.8. The van der Waals surface area contributed by atoms with Gasteiger partial charge in [0.05, 0.1) is 13.5 Å². The molecule has 1 saturated heterocycles. The van der Waals surface area contributed by atoms with Gasteiger partial charge in [0.1, 0.15) is 0 Å². The second kappa shape index (κ2) is 8.30. The summed E-state index contributed by atoms with van der Waals surface area (Å²) in [4.78, 5) is 14.4. The van der Waals surface area contributed by atoms with Crippen LogP contribution in [0.1, 0.15) is 38.7 Å². The Balaban J connectivity index is 2.26. The first-order valence-electron chi connectivity index (χ1n) is 8.54. The van der Waals surface area contributed by atoms with Crippen LogP contribution < -0.4 is 0 Å². The molecule has 126 valence electrons. The van der Waals surface area contributed by atoms with E-state index >= 15 is 0 Å². The van der Waals surface area contributed by atoms with Crippen LogP contribution in [0, 0.1) is 11.8 Å². The number of hydrogen-bond acceptors (Lipinski definition) is 3. The number of piperidine rings is 1. The van der Waals surface area contributed by atoms with Crippen LogP contribution in [0.4, 0.5) is 0 Å². The maximum absolute atomic E-state index is 11.9. The third kappa shape index (κ3) is 4.44. The lowest BCUT2D eigenvalue weighted by molar-refractivity contribution is -0.144. The van der Waals surface area contributed by atoms with Gasteiger partial charge in [0.2, 0.25) is 0 Å². The van der Waals surface area contributed by atoms with Crippen molar-refractivity contribution in [2.75, 3.05) is 7.11 Å². The summed E-state index contributed by atoms with van der Waals surface area (Å²) >= 11 is 0. The Labute approximate surface area is 140 Å². The van der Waals surface area contributed by atoms with Crippen molar-refractivity contribution in [2.45, 2.75) is 51.7 Å². The molecule has 1 aliphatic heterocycles. The summed E-state index contributed by atoms with van der Waals surface area (Å²) in [5, 5.41) is 0. The molecule has 0 bridgehead atoms. The number of rotatable bonds is 6. The molecule has 1 aliphatic rings. The topological polar surface area (TPSA) is 29.5 Å². The standard InChI is InChI=1S/C20H29NO2/c1-5-9-18-12-15(2)16(3)19(13-20(22)23-4)21(18)14-17-10-7-6-8-11-17/h5-8,10-11,15-16,18-19H,1,9,12-14H2,2-4H3/t15-,16+,18-,19-/m1/s1. The van der Waals surface area contributed by atoms with Crippen LogP contribution in [0.25, 0.3) is 0 Å². The van der Waals surface area contributed by atoms with E-state index < -0.39 is 0 Å². The SMILES string of the molecule is C=CC[C@@H]1C[C@@H](C)[C@H](C)[C@@H](CC(=O)OC)N1Cc1ccccc1. The van der Waals surface area contributed by atoms with Crippen molar-refractivity contribution < 1.29 is 9.53 Å². The summed E-state index contributed by atoms with van der Waals surface area (Å²) in [6.07, 6.45) is 4.57. The number of hydrogen-bond donors (Lipinski definition) is 0. The molecule has 1 heterocycles. The quantitative estimate of drug-likeness (QED) is 0.586. The Morgan fingerprint density at radius 1 is 1.35 bits per heavy atom. The molecule has 4 atom stereocenters. The Hall–Kier alpha value is -1.61. The highest BCUT2D eigenvalue weighted by atomic mass is 16.5. The van der Waals surface area contributed by atoms with Gasteiger partial charge in [-0.3, -0.25) is 9.69 Å². The number of benzene rings is 1. The molecule has 1 aromatic carbocycles. The van der Waals surface area contributed by atoms with Crippen molar-refractivity contribution in [3.05, 3.63) is 48.6 Å². The fourth-order valence-electron chi connectivity index (χ4n) is 3.75. The van der Waals surface area contributed by atoms with E-state index in [1.165, 1.54) is 12.7 Å². The molecule has 1 aromatic rings. The molecular weight excluding hydrogens is 286 g/mol. The summed E-state index contributed by atoms with van der Waals surface area (Å²) in [5.41, 5.74) is 1.29. The van der Waals surface area contributed by atoms with Crippen LogP contribution in [0.3, 0.4) is 0 Å². The Bertz CT molecular complexity index is 514. The van der Waals surface area contributed by atoms with Gasteiger partial charge < -0.3 is 4.74 Å². The lowest BCUT2D eigenvalue weighted by Crippen LogP contribution is -2.53. The zero-order valence-corrected chi connectivity index (χ0v) is 14.6. The van der Waals surface area contributed by atoms with Gasteiger partial charge in [0, 0.05) is 18.6 Å². The molecule has 0 N–H and O–H groups in total. The van der Waals surface area contributed by atoms with Crippen molar-refractivity contribution in [2.24, 2.45) is 11.8 Å². The monoisotopic (exact) mass is 315 g/mol. The van der Waals surface area contributed by atoms with Gasteiger partial charge in [-0.1, -0.05) is 50.3 Å². The van der Waals surface area contributed by atoms with Crippen LogP contribution in [-0.4, -0.2) is 30.1 Å². The predicted molar refractivity (Wildman–Crippen MR) is 94.0 cm³/mol. The van der Waals surface area contributed by atoms with E-state index in [0.29, 0.717) is 24.3 Å². The normalized spacial score (nSPS) is 28.3. The van der Waals surface area contributed by atoms with E-state index in [1.54, 1.807) is 0 Å². The molecule has 0 aromatic heterocycles. The highest BCUT2D eigenvalue weighted by molar-refractivity contribution is 5.70. The van der Waals surface area contributed by atoms with Crippen molar-refractivity contribution >= 4 is 5.97 Å². The van der Waals surface area contributed by atoms with Gasteiger partial charge in [-0.15, -0.1) is 6.58 Å². The first-order valence-corrected chi connectivity index (χ1v) is 8.54. The molecule has 0 saturated carbocycles. The van der Waals surface area contributed by atoms with E-state index in [0.717, 1.165) is 19.4 Å². The summed E-state index contributed by atoms with van der Waals surface area (Å²) in [6, 6.07) is 11.2. The van der Waals surface area contributed by atoms with Gasteiger partial charge in [-0.2, -0.15) is 0 Å². The van der Waals surface area contributed by atoms with Gasteiger partial charge in [0.15, 0.2) is 0 Å². The fraction of sp³-hybridized carbons (Fsp3) is 0.550. The second-order valence-electron chi connectivity index (χ2n) is 6.76. The van der Waals surface area contributed by atoms with E-state index in [4.69, 9.17) is 4.74 Å². The summed E-state index contributed by atoms with van der Waals surface area (Å²) in [5.74, 6) is 0.951. The smallest absolute Gasteiger partial charge is 0.307 e. The first kappa shape index (κ1) is 17.7. The molecule has 23 heavy (non-hydrogen) atoms. The van der Waals surface area contributed by atoms with Gasteiger partial charge in [0.25, 0.3) is 0 Å². The largest absolute Gasteiger partial charge is 0.469 e. The Kier molecular flexibility index (Phi) is 6.40. The molecule has 1 fully saturated rings. The van der Waals surface area contributed by atoms with Crippen molar-refractivity contribution in [1.29, 1.82) is 0 Å². The number of carbonyl (C=O) groups excluding carboxylic acids is 1. The van der Waals surface area contributed by atoms with Crippen LogP contribution >= 0.6 is 0 Å². The van der Waals surface area contributed by atoms with E-state index in [9.17, 15) is 4.79 Å². The van der Waals surface area contributed by atoms with Crippen molar-refractivity contribution in [1.82, 2.24) is 4.90 Å². The Morgan fingerprint density at radius 3 is 2.65 bits per heavy atom. The molecule has 3 heteroatoms. The average molecular weight is 315 g/mol. The van der Waals surface area contributed by atoms with Crippen molar-refractivity contribution in [3.63, 3.8) is 0 Å². The first-order chi connectivity index (χ1) is 11.1. The molecule has 0 unspecified atom stereocenters. The summed E-state index contributed by atoms with van der Waals surface area (Å²) < 4.78 is 4.94. The maximum Gasteiger partial charge on any atom is 0.307 e. The molecule has 0 spiro atoms. The van der Waals surface area contributed by atoms with Gasteiger partial charge in [-0.25, -0.2) is 0 Å². The van der Waals surface area contributed by atoms with Crippen LogP contribution in [-0.2, 0) is 16.1 Å². The summed E-state index contributed by atoms with van der Waals surface area (Å²) in [6.45, 7) is 9.36. The molecule has 0 aliphatic carbocycles. The zero-order valence-electron chi connectivity index (χ0n) is 14.6. The number of likely N-dealkylation sites (tertiary alicyclic amines) is 1. The number of methoxy groups -OCH3 is 1. The highest BCUT2D eigenvalue weighted by Crippen LogP contribution is 2.36. The van der Waals surface area contributed by atoms with Crippen LogP contribution in [0.5, 0.6) is 0 Å². The number of nitrogens with zero attached hydrogens (tertiary/aromatic N) is 1. The van der Waals surface area contributed by atoms with Gasteiger partial charge in [-0.05, 0) is 30.2 Å². The maximum atomic E-state index is 11.9. The Morgan fingerprint density at radius 2 is 2.04 bits per heavy atom. The minimum absolute atomic E-state index is 0.119. The number of esters is 1.